The molecule has 14 heteroatoms. The molecule has 5 rings (SSSR count). The van der Waals surface area contributed by atoms with Crippen LogP contribution in [0.5, 0.6) is 5.75 Å². The van der Waals surface area contributed by atoms with Gasteiger partial charge in [0, 0.05) is 49.6 Å². The zero-order valence-corrected chi connectivity index (χ0v) is 20.6. The van der Waals surface area contributed by atoms with Crippen LogP contribution in [-0.2, 0) is 0 Å². The number of halogens is 5. The van der Waals surface area contributed by atoms with E-state index in [4.69, 9.17) is 0 Å². The number of aliphatic hydroxyl groups is 1. The van der Waals surface area contributed by atoms with Crippen molar-refractivity contribution >= 4 is 34.2 Å². The average Bonchev–Trinajstić information content (AvgIpc) is 3.27. The normalized spacial score (nSPS) is 19.1. The minimum absolute atomic E-state index is 0.0314. The van der Waals surface area contributed by atoms with Gasteiger partial charge in [0.15, 0.2) is 11.4 Å². The minimum atomic E-state index is -4.78. The fourth-order valence-corrected chi connectivity index (χ4v) is 4.87. The molecule has 3 aromatic rings. The summed E-state index contributed by atoms with van der Waals surface area (Å²) in [5.41, 5.74) is -1.82. The molecular weight excluding hydrogens is 529 g/mol. The van der Waals surface area contributed by atoms with Gasteiger partial charge < -0.3 is 29.9 Å². The van der Waals surface area contributed by atoms with Crippen LogP contribution in [0.3, 0.4) is 0 Å². The molecule has 0 saturated carbocycles. The number of alkyl halides is 5. The van der Waals surface area contributed by atoms with E-state index in [1.54, 1.807) is 16.7 Å². The molecule has 2 amide bonds. The van der Waals surface area contributed by atoms with E-state index in [-0.39, 0.29) is 42.2 Å². The molecule has 2 aliphatic heterocycles. The van der Waals surface area contributed by atoms with E-state index in [2.05, 4.69) is 20.4 Å². The maximum absolute atomic E-state index is 13.2. The van der Waals surface area contributed by atoms with Crippen LogP contribution in [0.4, 0.5) is 33.3 Å². The van der Waals surface area contributed by atoms with Crippen molar-refractivity contribution in [3.63, 3.8) is 0 Å². The SMILES string of the molecule is C[C@@H]1CNC(=O)c2cc3ccc(C(=O)Nc4ccc(N5CCC(O)(C(F)(F)F)CC5)cc4OC(F)F)nc3n21. The van der Waals surface area contributed by atoms with Gasteiger partial charge in [0.25, 0.3) is 11.8 Å². The third-order valence-electron chi connectivity index (χ3n) is 7.06. The molecule has 39 heavy (non-hydrogen) atoms. The first kappa shape index (κ1) is 26.7. The van der Waals surface area contributed by atoms with Crippen LogP contribution in [0.1, 0.15) is 46.8 Å². The summed E-state index contributed by atoms with van der Waals surface area (Å²) >= 11 is 0. The van der Waals surface area contributed by atoms with Gasteiger partial charge in [0.05, 0.1) is 11.7 Å². The maximum Gasteiger partial charge on any atom is 0.417 e. The number of amides is 2. The Hall–Kier alpha value is -3.94. The lowest BCUT2D eigenvalue weighted by atomic mass is 9.90. The standard InChI is InChI=1S/C25H24F5N5O4/c1-13-12-31-22(37)18-10-14-2-4-17(32-20(14)35(13)18)21(36)33-16-5-3-15(11-19(16)39-23(26)27)34-8-6-24(38,7-9-34)25(28,29)30/h2-5,10-11,13,23,38H,6-9,12H2,1H3,(H,31,37)(H,33,36)/t13-/m1/s1. The Balaban J connectivity index is 1.39. The summed E-state index contributed by atoms with van der Waals surface area (Å²) in [4.78, 5) is 31.2. The summed E-state index contributed by atoms with van der Waals surface area (Å²) in [5.74, 6) is -1.37. The molecule has 1 fully saturated rings. The van der Waals surface area contributed by atoms with E-state index in [0.29, 0.717) is 29.0 Å². The predicted molar refractivity (Wildman–Crippen MR) is 130 cm³/mol. The van der Waals surface area contributed by atoms with Crippen LogP contribution in [-0.4, -0.2) is 64.5 Å². The summed E-state index contributed by atoms with van der Waals surface area (Å²) in [6.07, 6.45) is -5.95. The molecular formula is C25H24F5N5O4. The number of aromatic nitrogens is 2. The molecule has 2 aliphatic rings. The second-order valence-electron chi connectivity index (χ2n) is 9.60. The first-order valence-corrected chi connectivity index (χ1v) is 12.1. The minimum Gasteiger partial charge on any atom is -0.433 e. The Labute approximate surface area is 218 Å². The van der Waals surface area contributed by atoms with Crippen molar-refractivity contribution < 1.29 is 41.4 Å². The van der Waals surface area contributed by atoms with E-state index in [0.717, 1.165) is 0 Å². The number of anilines is 2. The molecule has 4 heterocycles. The van der Waals surface area contributed by atoms with Gasteiger partial charge in [-0.3, -0.25) is 9.59 Å². The number of carbonyl (C=O) groups is 2. The topological polar surface area (TPSA) is 109 Å². The Morgan fingerprint density at radius 2 is 1.92 bits per heavy atom. The van der Waals surface area contributed by atoms with E-state index in [1.807, 2.05) is 6.92 Å². The van der Waals surface area contributed by atoms with Crippen LogP contribution in [0.2, 0.25) is 0 Å². The van der Waals surface area contributed by atoms with Crippen molar-refractivity contribution in [2.24, 2.45) is 0 Å². The maximum atomic E-state index is 13.2. The molecule has 3 N–H and O–H groups in total. The number of nitrogens with zero attached hydrogens (tertiary/aromatic N) is 3. The van der Waals surface area contributed by atoms with Gasteiger partial charge >= 0.3 is 12.8 Å². The van der Waals surface area contributed by atoms with E-state index >= 15 is 0 Å². The second-order valence-corrected chi connectivity index (χ2v) is 9.60. The highest BCUT2D eigenvalue weighted by Crippen LogP contribution is 2.40. The summed E-state index contributed by atoms with van der Waals surface area (Å²) in [7, 11) is 0. The first-order chi connectivity index (χ1) is 18.4. The van der Waals surface area contributed by atoms with Gasteiger partial charge in [0.2, 0.25) is 0 Å². The second kappa shape index (κ2) is 9.67. The molecule has 1 aromatic carbocycles. The highest BCUT2D eigenvalue weighted by atomic mass is 19.4. The number of hydrogen-bond acceptors (Lipinski definition) is 6. The average molecular weight is 553 g/mol. The lowest BCUT2D eigenvalue weighted by molar-refractivity contribution is -0.266. The third kappa shape index (κ3) is 4.95. The van der Waals surface area contributed by atoms with Crippen LogP contribution < -0.4 is 20.3 Å². The van der Waals surface area contributed by atoms with Gasteiger partial charge in [-0.25, -0.2) is 4.98 Å². The number of ether oxygens (including phenoxy) is 1. The Kier molecular flexibility index (Phi) is 6.61. The third-order valence-corrected chi connectivity index (χ3v) is 7.06. The molecule has 208 valence electrons. The number of piperidine rings is 1. The van der Waals surface area contributed by atoms with E-state index in [9.17, 15) is 36.6 Å². The molecule has 0 spiro atoms. The quantitative estimate of drug-likeness (QED) is 0.411. The first-order valence-electron chi connectivity index (χ1n) is 12.1. The van der Waals surface area contributed by atoms with Gasteiger partial charge in [-0.15, -0.1) is 0 Å². The van der Waals surface area contributed by atoms with Crippen molar-refractivity contribution in [3.8, 4) is 5.75 Å². The van der Waals surface area contributed by atoms with Crippen LogP contribution >= 0.6 is 0 Å². The summed E-state index contributed by atoms with van der Waals surface area (Å²) in [5, 5.41) is 15.8. The smallest absolute Gasteiger partial charge is 0.417 e. The van der Waals surface area contributed by atoms with Crippen molar-refractivity contribution in [1.82, 2.24) is 14.9 Å². The van der Waals surface area contributed by atoms with Gasteiger partial charge in [-0.2, -0.15) is 22.0 Å². The number of fused-ring (bicyclic) bond motifs is 3. The van der Waals surface area contributed by atoms with Gasteiger partial charge in [-0.05, 0) is 37.3 Å². The van der Waals surface area contributed by atoms with Crippen molar-refractivity contribution in [2.45, 2.75) is 44.2 Å². The fraction of sp³-hybridized carbons (Fsp3) is 0.400. The molecule has 1 saturated heterocycles. The van der Waals surface area contributed by atoms with Crippen molar-refractivity contribution in [1.29, 1.82) is 0 Å². The van der Waals surface area contributed by atoms with Gasteiger partial charge in [-0.1, -0.05) is 0 Å². The molecule has 0 aliphatic carbocycles. The van der Waals surface area contributed by atoms with E-state index < -0.39 is 37.1 Å². The highest BCUT2D eigenvalue weighted by Gasteiger charge is 2.54. The predicted octanol–water partition coefficient (Wildman–Crippen LogP) is 4.09. The summed E-state index contributed by atoms with van der Waals surface area (Å²) < 4.78 is 72.1. The van der Waals surface area contributed by atoms with Crippen LogP contribution in [0.15, 0.2) is 36.4 Å². The number of benzene rings is 1. The molecule has 0 bridgehead atoms. The lowest BCUT2D eigenvalue weighted by Crippen LogP contribution is -2.53. The Bertz CT molecular complexity index is 1430. The lowest BCUT2D eigenvalue weighted by Gasteiger charge is -2.40. The molecule has 0 radical (unpaired) electrons. The zero-order chi connectivity index (χ0) is 28.1. The van der Waals surface area contributed by atoms with Crippen LogP contribution in [0.25, 0.3) is 11.0 Å². The monoisotopic (exact) mass is 553 g/mol. The molecule has 2 aromatic heterocycles. The number of pyridine rings is 1. The molecule has 1 atom stereocenters. The van der Waals surface area contributed by atoms with Crippen molar-refractivity contribution in [2.75, 3.05) is 29.9 Å². The van der Waals surface area contributed by atoms with E-state index in [1.165, 1.54) is 29.2 Å². The van der Waals surface area contributed by atoms with Crippen LogP contribution in [0, 0.1) is 0 Å². The van der Waals surface area contributed by atoms with Gasteiger partial charge in [0.1, 0.15) is 17.0 Å². The number of carbonyl (C=O) groups excluding carboxylic acids is 2. The van der Waals surface area contributed by atoms with Crippen molar-refractivity contribution in [3.05, 3.63) is 47.8 Å². The fourth-order valence-electron chi connectivity index (χ4n) is 4.87. The molecule has 0 unspecified atom stereocenters. The molecule has 9 nitrogen and oxygen atoms in total. The number of hydrogen-bond donors (Lipinski definition) is 3. The Morgan fingerprint density at radius 1 is 1.21 bits per heavy atom. The summed E-state index contributed by atoms with van der Waals surface area (Å²) in [6.45, 7) is -1.29. The zero-order valence-electron chi connectivity index (χ0n) is 20.6. The highest BCUT2D eigenvalue weighted by molar-refractivity contribution is 6.05. The Morgan fingerprint density at radius 3 is 2.59 bits per heavy atom. The largest absolute Gasteiger partial charge is 0.433 e. The summed E-state index contributed by atoms with van der Waals surface area (Å²) in [6, 6.07) is 8.57. The number of nitrogens with one attached hydrogen (secondary N) is 2. The number of rotatable bonds is 5.